The first-order chi connectivity index (χ1) is 15.7. The Morgan fingerprint density at radius 2 is 2.12 bits per heavy atom. The molecule has 0 bridgehead atoms. The van der Waals surface area contributed by atoms with Crippen LogP contribution < -0.4 is 5.73 Å². The van der Waals surface area contributed by atoms with E-state index in [4.69, 9.17) is 10.5 Å². The SMILES string of the molecule is C[C@@H](O)[C@H]1C(=O)N2C(C(=O)OCc3ccc([N+](=O)[O-])cc3)=C(SC(S)c3nnc(N)s3)S[C@H]12. The Kier molecular flexibility index (Phi) is 6.86. The summed E-state index contributed by atoms with van der Waals surface area (Å²) in [7, 11) is 0. The van der Waals surface area contributed by atoms with Crippen LogP contribution in [0.25, 0.3) is 0 Å². The highest BCUT2D eigenvalue weighted by molar-refractivity contribution is 8.26. The van der Waals surface area contributed by atoms with Gasteiger partial charge in [0, 0.05) is 12.1 Å². The molecule has 1 amide bonds. The van der Waals surface area contributed by atoms with Gasteiger partial charge < -0.3 is 15.6 Å². The molecule has 4 atom stereocenters. The van der Waals surface area contributed by atoms with Crippen LogP contribution in [0.5, 0.6) is 0 Å². The number of carbonyl (C=O) groups is 2. The summed E-state index contributed by atoms with van der Waals surface area (Å²) in [5, 5.41) is 28.9. The number of amides is 1. The summed E-state index contributed by atoms with van der Waals surface area (Å²) in [6.45, 7) is 1.40. The zero-order chi connectivity index (χ0) is 23.9. The number of fused-ring (bicyclic) bond motifs is 1. The van der Waals surface area contributed by atoms with Crippen LogP contribution in [0, 0.1) is 16.0 Å². The Bertz CT molecular complexity index is 1140. The van der Waals surface area contributed by atoms with Gasteiger partial charge in [-0.25, -0.2) is 4.79 Å². The predicted octanol–water partition coefficient (Wildman–Crippen LogP) is 2.51. The van der Waals surface area contributed by atoms with Crippen LogP contribution in [-0.4, -0.2) is 48.5 Å². The fourth-order valence-electron chi connectivity index (χ4n) is 3.25. The van der Waals surface area contributed by atoms with Gasteiger partial charge in [0.05, 0.1) is 21.2 Å². The number of aromatic nitrogens is 2. The maximum atomic E-state index is 13.0. The van der Waals surface area contributed by atoms with Crippen molar-refractivity contribution in [2.24, 2.45) is 5.92 Å². The lowest BCUT2D eigenvalue weighted by Gasteiger charge is -2.43. The molecule has 174 valence electrons. The first-order valence-corrected chi connectivity index (χ1v) is 12.5. The van der Waals surface area contributed by atoms with Crippen molar-refractivity contribution in [3.05, 3.63) is 54.9 Å². The smallest absolute Gasteiger partial charge is 0.357 e. The number of thiol groups is 1. The highest BCUT2D eigenvalue weighted by atomic mass is 32.2. The summed E-state index contributed by atoms with van der Waals surface area (Å²) >= 11 is 8.18. The summed E-state index contributed by atoms with van der Waals surface area (Å²) in [5.74, 6) is -1.72. The summed E-state index contributed by atoms with van der Waals surface area (Å²) in [6, 6.07) is 5.61. The number of carbonyl (C=O) groups excluding carboxylic acids is 2. The van der Waals surface area contributed by atoms with Crippen molar-refractivity contribution in [3.8, 4) is 0 Å². The van der Waals surface area contributed by atoms with Gasteiger partial charge in [0.2, 0.25) is 11.0 Å². The standard InChI is InChI=1S/C18H17N5O6S4/c1-7(24)10-13(25)22-11(15(26)29-6-8-2-4-9(5-3-8)23(27)28)17(32-14(10)22)33-16(30)12-20-21-18(19)31-12/h2-5,7,10,14,16,24,30H,6H2,1H3,(H2,19,21)/t7-,10+,14-,16?/m1/s1. The number of anilines is 1. The number of rotatable bonds is 8. The van der Waals surface area contributed by atoms with E-state index in [9.17, 15) is 24.8 Å². The van der Waals surface area contributed by atoms with Crippen LogP contribution in [0.1, 0.15) is 22.1 Å². The number of nitrogens with zero attached hydrogens (tertiary/aromatic N) is 4. The third-order valence-electron chi connectivity index (χ3n) is 4.86. The minimum Gasteiger partial charge on any atom is -0.456 e. The average molecular weight is 528 g/mol. The van der Waals surface area contributed by atoms with E-state index in [1.807, 2.05) is 0 Å². The molecular weight excluding hydrogens is 510 g/mol. The van der Waals surface area contributed by atoms with E-state index in [2.05, 4.69) is 22.8 Å². The summed E-state index contributed by atoms with van der Waals surface area (Å²) < 4.78 is 5.44. The molecule has 33 heavy (non-hydrogen) atoms. The number of aliphatic hydroxyl groups excluding tert-OH is 1. The molecule has 2 aliphatic heterocycles. The lowest BCUT2D eigenvalue weighted by atomic mass is 9.92. The van der Waals surface area contributed by atoms with Crippen LogP contribution in [0.2, 0.25) is 0 Å². The fraction of sp³-hybridized carbons (Fsp3) is 0.333. The second-order valence-corrected chi connectivity index (χ2v) is 11.5. The van der Waals surface area contributed by atoms with Gasteiger partial charge in [-0.2, -0.15) is 12.6 Å². The van der Waals surface area contributed by atoms with E-state index < -0.39 is 32.9 Å². The molecule has 3 heterocycles. The molecule has 0 radical (unpaired) electrons. The number of esters is 1. The van der Waals surface area contributed by atoms with Gasteiger partial charge in [-0.3, -0.25) is 19.8 Å². The molecule has 1 aromatic carbocycles. The van der Waals surface area contributed by atoms with Crippen LogP contribution in [0.4, 0.5) is 10.8 Å². The third-order valence-corrected chi connectivity index (χ3v) is 9.15. The van der Waals surface area contributed by atoms with Gasteiger partial charge >= 0.3 is 5.97 Å². The van der Waals surface area contributed by atoms with Crippen molar-refractivity contribution in [1.29, 1.82) is 0 Å². The van der Waals surface area contributed by atoms with Crippen LogP contribution in [0.3, 0.4) is 0 Å². The van der Waals surface area contributed by atoms with E-state index >= 15 is 0 Å². The molecule has 0 spiro atoms. The maximum absolute atomic E-state index is 13.0. The van der Waals surface area contributed by atoms with Gasteiger partial charge in [-0.15, -0.1) is 10.2 Å². The Balaban J connectivity index is 1.53. The molecule has 1 fully saturated rings. The highest BCUT2D eigenvalue weighted by Crippen LogP contribution is 2.57. The number of nitrogens with two attached hydrogens (primary N) is 1. The van der Waals surface area contributed by atoms with E-state index in [1.165, 1.54) is 59.6 Å². The number of non-ortho nitro benzene ring substituents is 1. The van der Waals surface area contributed by atoms with E-state index in [0.717, 1.165) is 11.3 Å². The van der Waals surface area contributed by atoms with Crippen molar-refractivity contribution in [2.45, 2.75) is 29.6 Å². The Hall–Kier alpha value is -2.33. The van der Waals surface area contributed by atoms with E-state index in [-0.39, 0.29) is 29.0 Å². The van der Waals surface area contributed by atoms with Gasteiger partial charge in [-0.05, 0) is 24.6 Å². The maximum Gasteiger partial charge on any atom is 0.357 e. The first-order valence-electron chi connectivity index (χ1n) is 9.43. The molecule has 3 N–H and O–H groups in total. The minimum absolute atomic E-state index is 0.0750. The number of aliphatic hydroxyl groups is 1. The number of nitro groups is 1. The Labute approximate surface area is 205 Å². The first kappa shape index (κ1) is 23.8. The molecule has 1 unspecified atom stereocenters. The quantitative estimate of drug-likeness (QED) is 0.115. The van der Waals surface area contributed by atoms with Gasteiger partial charge in [-0.1, -0.05) is 34.9 Å². The number of β-lactam (4-membered cyclic amide) rings is 1. The zero-order valence-corrected chi connectivity index (χ0v) is 20.2. The van der Waals surface area contributed by atoms with Crippen molar-refractivity contribution in [2.75, 3.05) is 5.73 Å². The lowest BCUT2D eigenvalue weighted by Crippen LogP contribution is -2.60. The van der Waals surface area contributed by atoms with Gasteiger partial charge in [0.25, 0.3) is 5.69 Å². The normalized spacial score (nSPS) is 21.4. The van der Waals surface area contributed by atoms with Crippen molar-refractivity contribution < 1.29 is 24.4 Å². The highest BCUT2D eigenvalue weighted by Gasteiger charge is 2.58. The molecule has 0 aliphatic carbocycles. The molecular formula is C18H17N5O6S4. The summed E-state index contributed by atoms with van der Waals surface area (Å²) in [5.41, 5.74) is 6.20. The second kappa shape index (κ2) is 9.50. The molecule has 4 rings (SSSR count). The lowest BCUT2D eigenvalue weighted by molar-refractivity contribution is -0.384. The van der Waals surface area contributed by atoms with Crippen LogP contribution in [-0.2, 0) is 20.9 Å². The predicted molar refractivity (Wildman–Crippen MR) is 127 cm³/mol. The molecule has 15 heteroatoms. The van der Waals surface area contributed by atoms with Gasteiger partial charge in [0.1, 0.15) is 21.6 Å². The number of benzene rings is 1. The molecule has 2 aromatic rings. The largest absolute Gasteiger partial charge is 0.456 e. The second-order valence-electron chi connectivity index (χ2n) is 7.07. The number of hydrogen-bond donors (Lipinski definition) is 3. The molecule has 11 nitrogen and oxygen atoms in total. The Morgan fingerprint density at radius 3 is 2.70 bits per heavy atom. The number of ether oxygens (including phenoxy) is 1. The number of nitro benzene ring substituents is 1. The summed E-state index contributed by atoms with van der Waals surface area (Å²) in [4.78, 5) is 37.3. The van der Waals surface area contributed by atoms with Gasteiger partial charge in [0.15, 0.2) is 5.70 Å². The molecule has 1 saturated heterocycles. The topological polar surface area (TPSA) is 162 Å². The third kappa shape index (κ3) is 4.68. The van der Waals surface area contributed by atoms with Crippen LogP contribution >= 0.6 is 47.5 Å². The molecule has 0 saturated carbocycles. The number of hydrogen-bond acceptors (Lipinski definition) is 13. The van der Waals surface area contributed by atoms with Crippen molar-refractivity contribution >= 4 is 70.2 Å². The van der Waals surface area contributed by atoms with Crippen LogP contribution in [0.15, 0.2) is 34.2 Å². The van der Waals surface area contributed by atoms with E-state index in [1.54, 1.807) is 0 Å². The monoisotopic (exact) mass is 527 g/mol. The minimum atomic E-state index is -0.872. The molecule has 2 aliphatic rings. The summed E-state index contributed by atoms with van der Waals surface area (Å²) in [6.07, 6.45) is -0.872. The number of thioether (sulfide) groups is 2. The number of nitrogen functional groups attached to an aromatic ring is 1. The Morgan fingerprint density at radius 1 is 1.42 bits per heavy atom. The van der Waals surface area contributed by atoms with Crippen molar-refractivity contribution in [1.82, 2.24) is 15.1 Å². The van der Waals surface area contributed by atoms with E-state index in [0.29, 0.717) is 14.8 Å². The molecule has 1 aromatic heterocycles. The zero-order valence-electron chi connectivity index (χ0n) is 16.9. The fourth-order valence-corrected chi connectivity index (χ4v) is 7.53. The van der Waals surface area contributed by atoms with Crippen molar-refractivity contribution in [3.63, 3.8) is 0 Å². The average Bonchev–Trinajstić information content (AvgIpc) is 3.33.